The van der Waals surface area contributed by atoms with Gasteiger partial charge in [0.05, 0.1) is 0 Å². The van der Waals surface area contributed by atoms with Gasteiger partial charge in [-0.25, -0.2) is 0 Å². The van der Waals surface area contributed by atoms with Crippen LogP contribution in [-0.2, 0) is 0 Å². The van der Waals surface area contributed by atoms with E-state index in [0.717, 1.165) is 23.7 Å². The molecule has 0 aromatic heterocycles. The van der Waals surface area contributed by atoms with Gasteiger partial charge in [0.1, 0.15) is 4.99 Å². The number of thiocarbonyl (C=S) groups is 1. The maximum Gasteiger partial charge on any atom is 0.106 e. The monoisotopic (exact) mass is 280 g/mol. The van der Waals surface area contributed by atoms with Crippen LogP contribution in [0.5, 0.6) is 0 Å². The molecule has 0 spiro atoms. The number of benzene rings is 1. The van der Waals surface area contributed by atoms with Crippen LogP contribution in [0.25, 0.3) is 0 Å². The van der Waals surface area contributed by atoms with E-state index in [-0.39, 0.29) is 0 Å². The van der Waals surface area contributed by atoms with Crippen LogP contribution < -0.4 is 11.1 Å². The summed E-state index contributed by atoms with van der Waals surface area (Å²) < 4.78 is 0. The Labute approximate surface area is 118 Å². The fraction of sp³-hybridized carbons (Fsp3) is 0.500. The molecule has 0 atom stereocenters. The van der Waals surface area contributed by atoms with Gasteiger partial charge in [-0.1, -0.05) is 23.8 Å². The van der Waals surface area contributed by atoms with Gasteiger partial charge in [0.25, 0.3) is 0 Å². The molecular formula is C14H17ClN2S. The Bertz CT molecular complexity index is 493. The molecule has 0 saturated heterocycles. The minimum atomic E-state index is 0.399. The molecule has 3 N–H and O–H groups in total. The SMILES string of the molecule is NC(=S)c1cc(Cl)ccc1NCC1(C2CC2)CC1. The zero-order chi connectivity index (χ0) is 12.8. The highest BCUT2D eigenvalue weighted by molar-refractivity contribution is 7.80. The summed E-state index contributed by atoms with van der Waals surface area (Å²) >= 11 is 11.1. The lowest BCUT2D eigenvalue weighted by Crippen LogP contribution is -2.20. The van der Waals surface area contributed by atoms with Crippen LogP contribution in [0, 0.1) is 11.3 Å². The number of rotatable bonds is 5. The summed E-state index contributed by atoms with van der Waals surface area (Å²) in [6.45, 7) is 1.04. The van der Waals surface area contributed by atoms with E-state index in [2.05, 4.69) is 5.32 Å². The second kappa shape index (κ2) is 4.39. The third-order valence-corrected chi connectivity index (χ3v) is 4.67. The van der Waals surface area contributed by atoms with Crippen LogP contribution in [0.1, 0.15) is 31.2 Å². The minimum absolute atomic E-state index is 0.399. The lowest BCUT2D eigenvalue weighted by Gasteiger charge is -2.18. The molecular weight excluding hydrogens is 264 g/mol. The van der Waals surface area contributed by atoms with Crippen molar-refractivity contribution in [3.05, 3.63) is 28.8 Å². The van der Waals surface area contributed by atoms with Crippen molar-refractivity contribution in [1.29, 1.82) is 0 Å². The van der Waals surface area contributed by atoms with Crippen molar-refractivity contribution in [2.75, 3.05) is 11.9 Å². The van der Waals surface area contributed by atoms with Gasteiger partial charge in [-0.05, 0) is 55.2 Å². The van der Waals surface area contributed by atoms with E-state index < -0.39 is 0 Å². The van der Waals surface area contributed by atoms with E-state index >= 15 is 0 Å². The summed E-state index contributed by atoms with van der Waals surface area (Å²) in [4.78, 5) is 0.399. The van der Waals surface area contributed by atoms with Gasteiger partial charge in [-0.2, -0.15) is 0 Å². The molecule has 2 aliphatic carbocycles. The van der Waals surface area contributed by atoms with Crippen LogP contribution >= 0.6 is 23.8 Å². The van der Waals surface area contributed by atoms with Crippen molar-refractivity contribution < 1.29 is 0 Å². The molecule has 1 aromatic rings. The second-order valence-corrected chi connectivity index (χ2v) is 6.42. The summed E-state index contributed by atoms with van der Waals surface area (Å²) in [7, 11) is 0. The molecule has 2 nitrogen and oxygen atoms in total. The van der Waals surface area contributed by atoms with Gasteiger partial charge in [0.2, 0.25) is 0 Å². The van der Waals surface area contributed by atoms with Crippen molar-refractivity contribution in [2.45, 2.75) is 25.7 Å². The van der Waals surface area contributed by atoms with E-state index in [0.29, 0.717) is 15.4 Å². The van der Waals surface area contributed by atoms with E-state index in [1.165, 1.54) is 25.7 Å². The summed E-state index contributed by atoms with van der Waals surface area (Å²) in [6.07, 6.45) is 5.54. The zero-order valence-electron chi connectivity index (χ0n) is 10.2. The Morgan fingerprint density at radius 1 is 1.44 bits per heavy atom. The van der Waals surface area contributed by atoms with Gasteiger partial charge in [-0.15, -0.1) is 0 Å². The van der Waals surface area contributed by atoms with Crippen molar-refractivity contribution >= 4 is 34.5 Å². The predicted octanol–water partition coefficient (Wildman–Crippen LogP) is 3.58. The maximum absolute atomic E-state index is 5.98. The van der Waals surface area contributed by atoms with Gasteiger partial charge in [0, 0.05) is 22.8 Å². The van der Waals surface area contributed by atoms with Crippen LogP contribution in [-0.4, -0.2) is 11.5 Å². The molecule has 0 unspecified atom stereocenters. The van der Waals surface area contributed by atoms with E-state index in [1.54, 1.807) is 0 Å². The Morgan fingerprint density at radius 3 is 2.72 bits per heavy atom. The lowest BCUT2D eigenvalue weighted by molar-refractivity contribution is 0.467. The largest absolute Gasteiger partial charge is 0.389 e. The van der Waals surface area contributed by atoms with Gasteiger partial charge >= 0.3 is 0 Å². The summed E-state index contributed by atoms with van der Waals surface area (Å²) in [6, 6.07) is 5.69. The summed E-state index contributed by atoms with van der Waals surface area (Å²) in [5, 5.41) is 4.19. The third kappa shape index (κ3) is 2.34. The van der Waals surface area contributed by atoms with Crippen molar-refractivity contribution in [3.8, 4) is 0 Å². The van der Waals surface area contributed by atoms with Crippen LogP contribution in [0.15, 0.2) is 18.2 Å². The molecule has 0 heterocycles. The number of nitrogens with two attached hydrogens (primary N) is 1. The van der Waals surface area contributed by atoms with E-state index in [4.69, 9.17) is 29.6 Å². The Balaban J connectivity index is 1.74. The highest BCUT2D eigenvalue weighted by Gasteiger charge is 2.53. The fourth-order valence-corrected chi connectivity index (χ4v) is 3.07. The van der Waals surface area contributed by atoms with E-state index in [9.17, 15) is 0 Å². The first-order valence-corrected chi connectivity index (χ1v) is 7.23. The molecule has 18 heavy (non-hydrogen) atoms. The van der Waals surface area contributed by atoms with Crippen molar-refractivity contribution in [3.63, 3.8) is 0 Å². The number of anilines is 1. The molecule has 0 amide bonds. The normalized spacial score (nSPS) is 20.5. The number of hydrogen-bond acceptors (Lipinski definition) is 2. The van der Waals surface area contributed by atoms with Gasteiger partial charge < -0.3 is 11.1 Å². The number of hydrogen-bond donors (Lipinski definition) is 2. The van der Waals surface area contributed by atoms with Crippen molar-refractivity contribution in [1.82, 2.24) is 0 Å². The smallest absolute Gasteiger partial charge is 0.106 e. The summed E-state index contributed by atoms with van der Waals surface area (Å²) in [5.41, 5.74) is 8.17. The summed E-state index contributed by atoms with van der Waals surface area (Å²) in [5.74, 6) is 0.950. The topological polar surface area (TPSA) is 38.0 Å². The first-order valence-electron chi connectivity index (χ1n) is 6.44. The Morgan fingerprint density at radius 2 is 2.17 bits per heavy atom. The fourth-order valence-electron chi connectivity index (χ4n) is 2.73. The standard InChI is InChI=1S/C14H17ClN2S/c15-10-3-4-12(11(7-10)13(16)18)17-8-14(5-6-14)9-1-2-9/h3-4,7,9,17H,1-2,5-6,8H2,(H2,16,18). The Kier molecular flexibility index (Phi) is 2.99. The Hall–Kier alpha value is -0.800. The van der Waals surface area contributed by atoms with Gasteiger partial charge in [-0.3, -0.25) is 0 Å². The predicted molar refractivity (Wildman–Crippen MR) is 80.2 cm³/mol. The van der Waals surface area contributed by atoms with Crippen LogP contribution in [0.4, 0.5) is 5.69 Å². The highest BCUT2D eigenvalue weighted by Crippen LogP contribution is 2.61. The van der Waals surface area contributed by atoms with Crippen LogP contribution in [0.2, 0.25) is 5.02 Å². The average Bonchev–Trinajstić information content (AvgIpc) is 3.19. The molecule has 4 heteroatoms. The maximum atomic E-state index is 5.98. The first-order chi connectivity index (χ1) is 8.61. The lowest BCUT2D eigenvalue weighted by atomic mass is 10.0. The molecule has 0 aliphatic heterocycles. The molecule has 3 rings (SSSR count). The van der Waals surface area contributed by atoms with Gasteiger partial charge in [0.15, 0.2) is 0 Å². The quantitative estimate of drug-likeness (QED) is 0.810. The molecule has 96 valence electrons. The molecule has 1 aromatic carbocycles. The average molecular weight is 281 g/mol. The van der Waals surface area contributed by atoms with Crippen LogP contribution in [0.3, 0.4) is 0 Å². The zero-order valence-corrected chi connectivity index (χ0v) is 11.8. The third-order valence-electron chi connectivity index (χ3n) is 4.21. The molecule has 0 radical (unpaired) electrons. The second-order valence-electron chi connectivity index (χ2n) is 5.54. The number of halogens is 1. The molecule has 2 saturated carbocycles. The van der Waals surface area contributed by atoms with E-state index in [1.807, 2.05) is 18.2 Å². The number of nitrogens with one attached hydrogen (secondary N) is 1. The molecule has 2 fully saturated rings. The minimum Gasteiger partial charge on any atom is -0.389 e. The van der Waals surface area contributed by atoms with Crippen molar-refractivity contribution in [2.24, 2.45) is 17.1 Å². The first kappa shape index (κ1) is 12.2. The molecule has 0 bridgehead atoms. The highest BCUT2D eigenvalue weighted by atomic mass is 35.5. The molecule has 2 aliphatic rings.